The van der Waals surface area contributed by atoms with Crippen LogP contribution < -0.4 is 0 Å². The van der Waals surface area contributed by atoms with Crippen LogP contribution in [-0.2, 0) is 6.42 Å². The standard InChI is InChI=1S/C13H10ClFN4S/c1-20-13-17-11-9(7-16-19(11)12(14)18-13)6-8-2-4-10(15)5-3-8/h2-5,7H,6H2,1H3. The van der Waals surface area contributed by atoms with E-state index in [4.69, 9.17) is 11.6 Å². The van der Waals surface area contributed by atoms with Gasteiger partial charge >= 0.3 is 0 Å². The van der Waals surface area contributed by atoms with E-state index in [1.54, 1.807) is 18.3 Å². The fraction of sp³-hybridized carbons (Fsp3) is 0.154. The van der Waals surface area contributed by atoms with Gasteiger partial charge in [0.25, 0.3) is 0 Å². The molecule has 0 amide bonds. The van der Waals surface area contributed by atoms with Crippen molar-refractivity contribution in [2.24, 2.45) is 0 Å². The molecule has 0 bridgehead atoms. The van der Waals surface area contributed by atoms with E-state index in [9.17, 15) is 4.39 Å². The molecule has 0 fully saturated rings. The van der Waals surface area contributed by atoms with Gasteiger partial charge in [-0.05, 0) is 35.6 Å². The second-order valence-electron chi connectivity index (χ2n) is 4.19. The minimum absolute atomic E-state index is 0.247. The highest BCUT2D eigenvalue weighted by Gasteiger charge is 2.11. The van der Waals surface area contributed by atoms with Crippen LogP contribution in [0.25, 0.3) is 5.65 Å². The molecule has 102 valence electrons. The third-order valence-electron chi connectivity index (χ3n) is 2.87. The number of thioether (sulfide) groups is 1. The smallest absolute Gasteiger partial charge is 0.207 e. The predicted molar refractivity (Wildman–Crippen MR) is 76.8 cm³/mol. The average molecular weight is 309 g/mol. The van der Waals surface area contributed by atoms with E-state index in [2.05, 4.69) is 15.1 Å². The highest BCUT2D eigenvalue weighted by molar-refractivity contribution is 7.98. The van der Waals surface area contributed by atoms with Crippen molar-refractivity contribution in [2.75, 3.05) is 6.26 Å². The van der Waals surface area contributed by atoms with Gasteiger partial charge in [-0.25, -0.2) is 9.37 Å². The number of hydrogen-bond acceptors (Lipinski definition) is 4. The third-order valence-corrected chi connectivity index (χ3v) is 3.66. The lowest BCUT2D eigenvalue weighted by Gasteiger charge is -2.02. The largest absolute Gasteiger partial charge is 0.228 e. The molecule has 2 heterocycles. The van der Waals surface area contributed by atoms with E-state index in [1.165, 1.54) is 28.4 Å². The van der Waals surface area contributed by atoms with Gasteiger partial charge in [0.2, 0.25) is 5.28 Å². The van der Waals surface area contributed by atoms with E-state index >= 15 is 0 Å². The molecule has 20 heavy (non-hydrogen) atoms. The lowest BCUT2D eigenvalue weighted by atomic mass is 10.1. The van der Waals surface area contributed by atoms with Gasteiger partial charge in [-0.15, -0.1) is 0 Å². The molecule has 0 unspecified atom stereocenters. The van der Waals surface area contributed by atoms with Crippen LogP contribution in [0.3, 0.4) is 0 Å². The van der Waals surface area contributed by atoms with Crippen LogP contribution in [-0.4, -0.2) is 25.8 Å². The zero-order valence-electron chi connectivity index (χ0n) is 10.5. The maximum Gasteiger partial charge on any atom is 0.228 e. The second kappa shape index (κ2) is 5.38. The van der Waals surface area contributed by atoms with Crippen molar-refractivity contribution in [3.63, 3.8) is 0 Å². The van der Waals surface area contributed by atoms with Gasteiger partial charge in [-0.2, -0.15) is 14.6 Å². The van der Waals surface area contributed by atoms with Crippen molar-refractivity contribution >= 4 is 29.0 Å². The fourth-order valence-corrected chi connectivity index (χ4v) is 2.52. The highest BCUT2D eigenvalue weighted by atomic mass is 35.5. The SMILES string of the molecule is CSc1nc(Cl)n2ncc(Cc3ccc(F)cc3)c2n1. The molecule has 0 aliphatic carbocycles. The molecule has 0 N–H and O–H groups in total. The molecule has 0 radical (unpaired) electrons. The van der Waals surface area contributed by atoms with E-state index in [1.807, 2.05) is 6.26 Å². The normalized spacial score (nSPS) is 11.2. The maximum atomic E-state index is 12.9. The molecule has 0 spiro atoms. The second-order valence-corrected chi connectivity index (χ2v) is 5.30. The molecule has 7 heteroatoms. The highest BCUT2D eigenvalue weighted by Crippen LogP contribution is 2.20. The molecule has 2 aromatic heterocycles. The molecule has 1 aromatic carbocycles. The molecule has 3 aromatic rings. The molecule has 0 aliphatic heterocycles. The van der Waals surface area contributed by atoms with Gasteiger partial charge < -0.3 is 0 Å². The van der Waals surface area contributed by atoms with Gasteiger partial charge in [0, 0.05) is 12.0 Å². The molecule has 4 nitrogen and oxygen atoms in total. The molecule has 0 atom stereocenters. The Morgan fingerprint density at radius 3 is 2.70 bits per heavy atom. The van der Waals surface area contributed by atoms with Gasteiger partial charge in [0.15, 0.2) is 10.8 Å². The summed E-state index contributed by atoms with van der Waals surface area (Å²) in [5, 5.41) is 5.07. The monoisotopic (exact) mass is 308 g/mol. The topological polar surface area (TPSA) is 43.1 Å². The van der Waals surface area contributed by atoms with Crippen LogP contribution in [0.4, 0.5) is 4.39 Å². The first-order chi connectivity index (χ1) is 9.67. The zero-order valence-corrected chi connectivity index (χ0v) is 12.1. The Bertz CT molecular complexity index is 757. The number of benzene rings is 1. The Hall–Kier alpha value is -1.66. The van der Waals surface area contributed by atoms with E-state index in [0.29, 0.717) is 17.2 Å². The van der Waals surface area contributed by atoms with Crippen LogP contribution in [0.2, 0.25) is 5.28 Å². The lowest BCUT2D eigenvalue weighted by Crippen LogP contribution is -1.99. The Morgan fingerprint density at radius 1 is 1.25 bits per heavy atom. The number of nitrogens with zero attached hydrogens (tertiary/aromatic N) is 4. The Labute approximate surface area is 124 Å². The number of hydrogen-bond donors (Lipinski definition) is 0. The number of halogens is 2. The van der Waals surface area contributed by atoms with Crippen molar-refractivity contribution in [3.05, 3.63) is 52.7 Å². The van der Waals surface area contributed by atoms with Gasteiger partial charge in [0.05, 0.1) is 6.20 Å². The van der Waals surface area contributed by atoms with Crippen molar-refractivity contribution in [1.29, 1.82) is 0 Å². The minimum atomic E-state index is -0.247. The average Bonchev–Trinajstić information content (AvgIpc) is 2.85. The molecule has 0 saturated heterocycles. The molecule has 0 saturated carbocycles. The number of fused-ring (bicyclic) bond motifs is 1. The van der Waals surface area contributed by atoms with Crippen LogP contribution in [0, 0.1) is 5.82 Å². The summed E-state index contributed by atoms with van der Waals surface area (Å²) in [6.07, 6.45) is 4.21. The lowest BCUT2D eigenvalue weighted by molar-refractivity contribution is 0.627. The first kappa shape index (κ1) is 13.3. The number of aromatic nitrogens is 4. The summed E-state index contributed by atoms with van der Waals surface area (Å²) in [5.74, 6) is -0.247. The molecule has 3 rings (SSSR count). The van der Waals surface area contributed by atoms with E-state index in [-0.39, 0.29) is 11.1 Å². The zero-order chi connectivity index (χ0) is 14.1. The summed E-state index contributed by atoms with van der Waals surface area (Å²) in [5.41, 5.74) is 2.59. The van der Waals surface area contributed by atoms with Crippen molar-refractivity contribution in [1.82, 2.24) is 19.6 Å². The Kier molecular flexibility index (Phi) is 3.58. The maximum absolute atomic E-state index is 12.9. The quantitative estimate of drug-likeness (QED) is 0.697. The van der Waals surface area contributed by atoms with Crippen molar-refractivity contribution in [3.8, 4) is 0 Å². The van der Waals surface area contributed by atoms with Gasteiger partial charge in [-0.3, -0.25) is 0 Å². The first-order valence-corrected chi connectivity index (χ1v) is 7.46. The van der Waals surface area contributed by atoms with E-state index in [0.717, 1.165) is 11.1 Å². The molecule has 0 aliphatic rings. The Balaban J connectivity index is 2.03. The van der Waals surface area contributed by atoms with E-state index < -0.39 is 0 Å². The first-order valence-electron chi connectivity index (χ1n) is 5.86. The summed E-state index contributed by atoms with van der Waals surface area (Å²) in [4.78, 5) is 8.54. The van der Waals surface area contributed by atoms with Crippen LogP contribution >= 0.6 is 23.4 Å². The molecular formula is C13H10ClFN4S. The van der Waals surface area contributed by atoms with Crippen LogP contribution in [0.15, 0.2) is 35.6 Å². The third kappa shape index (κ3) is 2.48. The predicted octanol–water partition coefficient (Wildman–Crippen LogP) is 3.23. The fourth-order valence-electron chi connectivity index (χ4n) is 1.91. The van der Waals surface area contributed by atoms with Gasteiger partial charge in [0.1, 0.15) is 5.82 Å². The Morgan fingerprint density at radius 2 is 2.00 bits per heavy atom. The molecular weight excluding hydrogens is 299 g/mol. The van der Waals surface area contributed by atoms with Crippen LogP contribution in [0.1, 0.15) is 11.1 Å². The summed E-state index contributed by atoms with van der Waals surface area (Å²) < 4.78 is 14.4. The van der Waals surface area contributed by atoms with Crippen molar-refractivity contribution in [2.45, 2.75) is 11.6 Å². The summed E-state index contributed by atoms with van der Waals surface area (Å²) >= 11 is 7.49. The summed E-state index contributed by atoms with van der Waals surface area (Å²) in [7, 11) is 0. The minimum Gasteiger partial charge on any atom is -0.207 e. The number of rotatable bonds is 3. The summed E-state index contributed by atoms with van der Waals surface area (Å²) in [6, 6.07) is 6.38. The van der Waals surface area contributed by atoms with Gasteiger partial charge in [-0.1, -0.05) is 23.9 Å². The summed E-state index contributed by atoms with van der Waals surface area (Å²) in [6.45, 7) is 0. The van der Waals surface area contributed by atoms with Crippen molar-refractivity contribution < 1.29 is 4.39 Å². The van der Waals surface area contributed by atoms with Crippen LogP contribution in [0.5, 0.6) is 0 Å².